The maximum atomic E-state index is 11.2. The molecule has 0 radical (unpaired) electrons. The van der Waals surface area contributed by atoms with Crippen LogP contribution in [0.4, 0.5) is 0 Å². The average molecular weight is 400 g/mol. The molecule has 2 aromatic carbocycles. The molecule has 0 heterocycles. The van der Waals surface area contributed by atoms with Crippen LogP contribution in [0.2, 0.25) is 5.32 Å². The number of benzene rings is 2. The number of sulfonamides is 1. The standard InChI is InChI=1S/C16H19NO4SSe/c17-22(19,20)15-6-8-16(9-7-15)23-12-14(18)11-21-10-13-4-2-1-3-5-13/h1-9,14,18H,10-12H2,(H2,17,19,20). The Labute approximate surface area is 142 Å². The second kappa shape index (κ2) is 8.59. The van der Waals surface area contributed by atoms with E-state index in [1.807, 2.05) is 30.3 Å². The van der Waals surface area contributed by atoms with E-state index in [9.17, 15) is 13.5 Å². The molecule has 0 bridgehead atoms. The summed E-state index contributed by atoms with van der Waals surface area (Å²) in [6.07, 6.45) is -0.531. The second-order valence-corrected chi connectivity index (χ2v) is 8.84. The van der Waals surface area contributed by atoms with E-state index in [1.54, 1.807) is 12.1 Å². The van der Waals surface area contributed by atoms with Gasteiger partial charge in [0.05, 0.1) is 0 Å². The number of rotatable bonds is 8. The predicted molar refractivity (Wildman–Crippen MR) is 90.1 cm³/mol. The maximum absolute atomic E-state index is 11.2. The van der Waals surface area contributed by atoms with Crippen LogP contribution in [-0.4, -0.2) is 41.2 Å². The molecule has 0 aliphatic carbocycles. The Morgan fingerprint density at radius 1 is 1.09 bits per heavy atom. The van der Waals surface area contributed by atoms with Gasteiger partial charge in [0.15, 0.2) is 0 Å². The molecule has 5 nitrogen and oxygen atoms in total. The van der Waals surface area contributed by atoms with Gasteiger partial charge in [0, 0.05) is 0 Å². The first-order valence-corrected chi connectivity index (χ1v) is 10.6. The van der Waals surface area contributed by atoms with E-state index in [1.165, 1.54) is 12.1 Å². The van der Waals surface area contributed by atoms with Crippen molar-refractivity contribution < 1.29 is 18.3 Å². The molecule has 23 heavy (non-hydrogen) atoms. The molecule has 2 aromatic rings. The summed E-state index contributed by atoms with van der Waals surface area (Å²) < 4.78 is 28.8. The summed E-state index contributed by atoms with van der Waals surface area (Å²) in [5.41, 5.74) is 1.07. The molecular formula is C16H19NO4SSe. The van der Waals surface area contributed by atoms with Crippen LogP contribution >= 0.6 is 0 Å². The Hall–Kier alpha value is -1.21. The Bertz CT molecular complexity index is 705. The Morgan fingerprint density at radius 3 is 2.35 bits per heavy atom. The number of nitrogens with two attached hydrogens (primary N) is 1. The molecule has 3 N–H and O–H groups in total. The molecule has 0 amide bonds. The first-order valence-electron chi connectivity index (χ1n) is 7.00. The predicted octanol–water partition coefficient (Wildman–Crippen LogP) is 0.660. The third-order valence-electron chi connectivity index (χ3n) is 3.02. The molecule has 0 aliphatic rings. The van der Waals surface area contributed by atoms with E-state index in [4.69, 9.17) is 9.88 Å². The van der Waals surface area contributed by atoms with Crippen molar-refractivity contribution in [2.75, 3.05) is 6.61 Å². The number of hydrogen-bond acceptors (Lipinski definition) is 4. The van der Waals surface area contributed by atoms with Gasteiger partial charge in [-0.05, 0) is 0 Å². The van der Waals surface area contributed by atoms with Crippen molar-refractivity contribution in [2.45, 2.75) is 22.9 Å². The number of hydrogen-bond donors (Lipinski definition) is 2. The summed E-state index contributed by atoms with van der Waals surface area (Å²) in [4.78, 5) is 0.101. The quantitative estimate of drug-likeness (QED) is 0.637. The van der Waals surface area contributed by atoms with E-state index in [0.29, 0.717) is 11.9 Å². The Morgan fingerprint density at radius 2 is 1.74 bits per heavy atom. The van der Waals surface area contributed by atoms with Gasteiger partial charge in [0.25, 0.3) is 0 Å². The van der Waals surface area contributed by atoms with Crippen molar-refractivity contribution in [3.05, 3.63) is 60.2 Å². The summed E-state index contributed by atoms with van der Waals surface area (Å²) >= 11 is 0.0480. The van der Waals surface area contributed by atoms with Gasteiger partial charge in [-0.2, -0.15) is 0 Å². The van der Waals surface area contributed by atoms with Crippen LogP contribution in [-0.2, 0) is 21.4 Å². The molecule has 0 spiro atoms. The third kappa shape index (κ3) is 6.43. The number of primary sulfonamides is 1. The van der Waals surface area contributed by atoms with Crippen molar-refractivity contribution in [3.8, 4) is 0 Å². The van der Waals surface area contributed by atoms with Gasteiger partial charge in [0.1, 0.15) is 0 Å². The van der Waals surface area contributed by atoms with Gasteiger partial charge in [-0.15, -0.1) is 0 Å². The second-order valence-electron chi connectivity index (χ2n) is 4.98. The molecule has 1 atom stereocenters. The van der Waals surface area contributed by atoms with E-state index in [2.05, 4.69) is 0 Å². The van der Waals surface area contributed by atoms with Crippen LogP contribution in [0.3, 0.4) is 0 Å². The molecule has 0 fully saturated rings. The molecule has 0 saturated carbocycles. The van der Waals surface area contributed by atoms with Crippen LogP contribution in [0.15, 0.2) is 59.5 Å². The molecule has 0 aromatic heterocycles. The number of aliphatic hydroxyl groups excluding tert-OH is 1. The van der Waals surface area contributed by atoms with Gasteiger partial charge >= 0.3 is 143 Å². The van der Waals surface area contributed by atoms with Gasteiger partial charge in [-0.3, -0.25) is 0 Å². The van der Waals surface area contributed by atoms with Crippen LogP contribution < -0.4 is 9.60 Å². The average Bonchev–Trinajstić information content (AvgIpc) is 2.53. The van der Waals surface area contributed by atoms with Crippen molar-refractivity contribution in [1.29, 1.82) is 0 Å². The fourth-order valence-electron chi connectivity index (χ4n) is 1.85. The summed E-state index contributed by atoms with van der Waals surface area (Å²) in [5.74, 6) is 0. The van der Waals surface area contributed by atoms with E-state index >= 15 is 0 Å². The fourth-order valence-corrected chi connectivity index (χ4v) is 4.07. The zero-order valence-electron chi connectivity index (χ0n) is 12.5. The minimum atomic E-state index is -3.65. The molecule has 1 unspecified atom stereocenters. The van der Waals surface area contributed by atoms with Gasteiger partial charge in [-0.25, -0.2) is 0 Å². The zero-order valence-corrected chi connectivity index (χ0v) is 15.0. The number of aliphatic hydroxyl groups is 1. The normalized spacial score (nSPS) is 13.0. The van der Waals surface area contributed by atoms with Crippen molar-refractivity contribution >= 4 is 29.4 Å². The summed E-state index contributed by atoms with van der Waals surface area (Å²) in [6, 6.07) is 16.2. The third-order valence-corrected chi connectivity index (χ3v) is 6.37. The fraction of sp³-hybridized carbons (Fsp3) is 0.250. The topological polar surface area (TPSA) is 89.6 Å². The summed E-state index contributed by atoms with van der Waals surface area (Å²) in [7, 11) is -3.65. The molecule has 124 valence electrons. The van der Waals surface area contributed by atoms with Crippen molar-refractivity contribution in [3.63, 3.8) is 0 Å². The van der Waals surface area contributed by atoms with Gasteiger partial charge in [0.2, 0.25) is 0 Å². The van der Waals surface area contributed by atoms with Crippen molar-refractivity contribution in [1.82, 2.24) is 0 Å². The van der Waals surface area contributed by atoms with Crippen molar-refractivity contribution in [2.24, 2.45) is 5.14 Å². The molecular weight excluding hydrogens is 381 g/mol. The molecule has 7 heteroatoms. The molecule has 2 rings (SSSR count). The SMILES string of the molecule is NS(=O)(=O)c1ccc([Se]CC(O)COCc2ccccc2)cc1. The zero-order chi connectivity index (χ0) is 16.7. The van der Waals surface area contributed by atoms with Gasteiger partial charge < -0.3 is 0 Å². The minimum absolute atomic E-state index is 0.0480. The first-order chi connectivity index (χ1) is 10.9. The summed E-state index contributed by atoms with van der Waals surface area (Å²) in [6.45, 7) is 0.764. The first kappa shape index (κ1) is 18.1. The summed E-state index contributed by atoms with van der Waals surface area (Å²) in [5, 5.41) is 15.6. The Balaban J connectivity index is 1.73. The monoisotopic (exact) mass is 401 g/mol. The van der Waals surface area contributed by atoms with E-state index < -0.39 is 16.1 Å². The van der Waals surface area contributed by atoms with E-state index in [-0.39, 0.29) is 26.5 Å². The number of ether oxygens (including phenoxy) is 1. The van der Waals surface area contributed by atoms with E-state index in [0.717, 1.165) is 10.0 Å². The van der Waals surface area contributed by atoms with Crippen LogP contribution in [0.25, 0.3) is 0 Å². The van der Waals surface area contributed by atoms with Crippen LogP contribution in [0.5, 0.6) is 0 Å². The van der Waals surface area contributed by atoms with Crippen LogP contribution in [0, 0.1) is 0 Å². The molecule has 0 saturated heterocycles. The van der Waals surface area contributed by atoms with Crippen LogP contribution in [0.1, 0.15) is 5.56 Å². The molecule has 0 aliphatic heterocycles. The Kier molecular flexibility index (Phi) is 6.77. The van der Waals surface area contributed by atoms with Gasteiger partial charge in [-0.1, -0.05) is 0 Å².